The van der Waals surface area contributed by atoms with Crippen molar-refractivity contribution in [3.05, 3.63) is 271 Å². The summed E-state index contributed by atoms with van der Waals surface area (Å²) in [5.74, 6) is 1.86. The van der Waals surface area contributed by atoms with Gasteiger partial charge in [-0.1, -0.05) is 255 Å². The molecule has 5 heteroatoms. The summed E-state index contributed by atoms with van der Waals surface area (Å²) < 4.78 is 135. The number of nitrogens with zero attached hydrogens (tertiary/aromatic N) is 4. The summed E-state index contributed by atoms with van der Waals surface area (Å²) in [4.78, 5) is 4.93. The number of rotatable bonds is 10. The molecule has 0 N–H and O–H groups in total. The number of aromatic nitrogens is 4. The first kappa shape index (κ1) is 46.5. The Balaban J connectivity index is 1.14. The van der Waals surface area contributed by atoms with E-state index in [-0.39, 0.29) is 38.2 Å². The first-order valence-corrected chi connectivity index (χ1v) is 31.2. The van der Waals surface area contributed by atoms with Crippen molar-refractivity contribution in [3.8, 4) is 84.3 Å². The van der Waals surface area contributed by atoms with Gasteiger partial charge in [-0.15, -0.1) is 0 Å². The predicted octanol–water partition coefficient (Wildman–Crippen LogP) is 22.8. The molecule has 0 saturated heterocycles. The van der Waals surface area contributed by atoms with E-state index in [4.69, 9.17) is 17.9 Å². The Labute approximate surface area is 557 Å². The van der Waals surface area contributed by atoms with E-state index in [9.17, 15) is 9.60 Å². The SMILES string of the molecule is [2H]c1c([2H])c([2H])c(-c2c([2H])c(-c3cccc(-c4cc(C(C)(C)C)cc(C(C)(C)C)c4)c3-[n+]3[c-]n(-c4cccc(Oc5ccc6c7ccccc7n(-c7cc(C(C)(C)C)ccn7)c6c5)c4)c4cc(-c5cc(C(C)(C)C)cc(C(C)(C)C)c5)ccc43)c([2H])c(-c3c([2H])c([2H])c([2H])c([2H])c3[2H])c2[2H])c([2H])c1[2H]. The van der Waals surface area contributed by atoms with Gasteiger partial charge in [-0.2, -0.15) is 0 Å². The lowest BCUT2D eigenvalue weighted by Crippen LogP contribution is -2.31. The lowest BCUT2D eigenvalue weighted by Gasteiger charge is -2.27. The van der Waals surface area contributed by atoms with Crippen LogP contribution in [-0.2, 0) is 27.1 Å². The third-order valence-electron chi connectivity index (χ3n) is 17.2. The van der Waals surface area contributed by atoms with Crippen LogP contribution in [0.15, 0.2) is 236 Å². The van der Waals surface area contributed by atoms with Crippen LogP contribution in [-0.4, -0.2) is 14.1 Å². The number of hydrogen-bond acceptors (Lipinski definition) is 2. The van der Waals surface area contributed by atoms with E-state index in [1.54, 1.807) is 12.1 Å². The van der Waals surface area contributed by atoms with Crippen LogP contribution in [0.3, 0.4) is 0 Å². The molecule has 0 amide bonds. The molecule has 0 aliphatic heterocycles. The Hall–Kier alpha value is -9.58. The van der Waals surface area contributed by atoms with Gasteiger partial charge < -0.3 is 4.74 Å². The highest BCUT2D eigenvalue weighted by atomic mass is 16.5. The Morgan fingerprint density at radius 3 is 1.52 bits per heavy atom. The highest BCUT2D eigenvalue weighted by Gasteiger charge is 2.28. The molecule has 13 rings (SSSR count). The largest absolute Gasteiger partial charge is 0.458 e. The van der Waals surface area contributed by atoms with E-state index in [1.165, 1.54) is 0 Å². The number of para-hydroxylation sites is 2. The topological polar surface area (TPSA) is 35.9 Å². The fraction of sp³-hybridized carbons (Fsp3) is 0.233. The van der Waals surface area contributed by atoms with Gasteiger partial charge in [0.2, 0.25) is 0 Å². The van der Waals surface area contributed by atoms with E-state index in [2.05, 4.69) is 194 Å². The van der Waals surface area contributed by atoms with Crippen LogP contribution in [0, 0.1) is 6.33 Å². The fourth-order valence-electron chi connectivity index (χ4n) is 11.9. The van der Waals surface area contributed by atoms with Gasteiger partial charge in [0.15, 0.2) is 0 Å². The molecule has 91 heavy (non-hydrogen) atoms. The minimum Gasteiger partial charge on any atom is -0.458 e. The van der Waals surface area contributed by atoms with Crippen LogP contribution in [0.2, 0.25) is 0 Å². The number of imidazole rings is 1. The molecule has 0 spiro atoms. The first-order valence-electron chi connectivity index (χ1n) is 37.7. The van der Waals surface area contributed by atoms with Crippen LogP contribution < -0.4 is 9.30 Å². The van der Waals surface area contributed by atoms with E-state index in [0.717, 1.165) is 72.1 Å². The van der Waals surface area contributed by atoms with Crippen LogP contribution in [0.5, 0.6) is 11.5 Å². The van der Waals surface area contributed by atoms with E-state index in [0.29, 0.717) is 39.5 Å². The lowest BCUT2D eigenvalue weighted by molar-refractivity contribution is -0.571. The van der Waals surface area contributed by atoms with Gasteiger partial charge >= 0.3 is 0 Å². The summed E-state index contributed by atoms with van der Waals surface area (Å²) in [6.45, 7) is 32.7. The van der Waals surface area contributed by atoms with Crippen molar-refractivity contribution in [3.63, 3.8) is 0 Å². The molecule has 10 aromatic carbocycles. The van der Waals surface area contributed by atoms with Crippen molar-refractivity contribution in [1.29, 1.82) is 0 Å². The molecule has 13 aromatic rings. The average Bonchev–Trinajstić information content (AvgIpc) is 1.15. The van der Waals surface area contributed by atoms with E-state index < -0.39 is 101 Å². The highest BCUT2D eigenvalue weighted by Crippen LogP contribution is 2.44. The molecule has 3 heterocycles. The van der Waals surface area contributed by atoms with Crippen molar-refractivity contribution in [2.75, 3.05) is 0 Å². The molecule has 0 radical (unpaired) electrons. The van der Waals surface area contributed by atoms with E-state index in [1.807, 2.05) is 76.0 Å². The molecular weight excluding hydrogens is 1100 g/mol. The number of pyridine rings is 1. The van der Waals surface area contributed by atoms with Crippen LogP contribution in [0.4, 0.5) is 0 Å². The third kappa shape index (κ3) is 12.0. The Morgan fingerprint density at radius 2 is 0.923 bits per heavy atom. The Morgan fingerprint density at radius 1 is 0.396 bits per heavy atom. The Kier molecular flexibility index (Phi) is 11.6. The molecule has 0 fully saturated rings. The van der Waals surface area contributed by atoms with Gasteiger partial charge in [-0.25, -0.2) is 4.98 Å². The summed E-state index contributed by atoms with van der Waals surface area (Å²) in [5, 5.41) is 2.10. The van der Waals surface area contributed by atoms with Crippen LogP contribution in [0.1, 0.15) is 149 Å². The maximum atomic E-state index is 10.5. The van der Waals surface area contributed by atoms with E-state index >= 15 is 0 Å². The normalized spacial score (nSPS) is 14.6. The first-order chi connectivity index (χ1) is 48.6. The molecule has 0 aliphatic carbocycles. The van der Waals surface area contributed by atoms with Gasteiger partial charge in [0.1, 0.15) is 17.3 Å². The number of benzene rings is 10. The number of fused-ring (bicyclic) bond motifs is 4. The van der Waals surface area contributed by atoms with Gasteiger partial charge in [-0.05, 0) is 183 Å². The molecule has 0 saturated carbocycles. The molecule has 454 valence electrons. The second kappa shape index (κ2) is 22.7. The molecule has 0 atom stereocenters. The van der Waals surface area contributed by atoms with Crippen molar-refractivity contribution >= 4 is 32.8 Å². The predicted molar refractivity (Wildman–Crippen MR) is 383 cm³/mol. The summed E-state index contributed by atoms with van der Waals surface area (Å²) in [6, 6.07) is 42.0. The maximum absolute atomic E-state index is 10.5. The second-order valence-electron chi connectivity index (χ2n) is 29.1. The van der Waals surface area contributed by atoms with Gasteiger partial charge in [0.05, 0.1) is 51.3 Å². The van der Waals surface area contributed by atoms with Crippen molar-refractivity contribution in [1.82, 2.24) is 14.1 Å². The zero-order valence-electron chi connectivity index (χ0n) is 67.7. The van der Waals surface area contributed by atoms with Crippen molar-refractivity contribution in [2.24, 2.45) is 0 Å². The minimum atomic E-state index is -0.747. The van der Waals surface area contributed by atoms with Crippen molar-refractivity contribution < 1.29 is 27.1 Å². The van der Waals surface area contributed by atoms with Gasteiger partial charge in [0, 0.05) is 23.0 Å². The molecule has 0 unspecified atom stereocenters. The van der Waals surface area contributed by atoms with Crippen molar-refractivity contribution in [2.45, 2.75) is 131 Å². The molecule has 0 aliphatic rings. The molecule has 0 bridgehead atoms. The summed E-state index contributed by atoms with van der Waals surface area (Å²) in [6.07, 6.45) is 5.68. The van der Waals surface area contributed by atoms with Gasteiger partial charge in [-0.3, -0.25) is 13.7 Å². The lowest BCUT2D eigenvalue weighted by atomic mass is 9.78. The number of ether oxygens (including phenoxy) is 1. The van der Waals surface area contributed by atoms with Crippen LogP contribution >= 0.6 is 0 Å². The smallest absolute Gasteiger partial charge is 0.269 e. The molecule has 5 nitrogen and oxygen atoms in total. The van der Waals surface area contributed by atoms with Gasteiger partial charge in [0.25, 0.3) is 6.33 Å². The summed E-state index contributed by atoms with van der Waals surface area (Å²) in [5.41, 5.74) is 9.45. The zero-order chi connectivity index (χ0) is 75.3. The molecular formula is C86H84N4O. The third-order valence-corrected chi connectivity index (χ3v) is 17.2. The summed E-state index contributed by atoms with van der Waals surface area (Å²) >= 11 is 0. The number of hydrogen-bond donors (Lipinski definition) is 0. The summed E-state index contributed by atoms with van der Waals surface area (Å²) in [7, 11) is 0. The maximum Gasteiger partial charge on any atom is 0.269 e. The zero-order valence-corrected chi connectivity index (χ0v) is 54.7. The average molecular weight is 1200 g/mol. The fourth-order valence-corrected chi connectivity index (χ4v) is 11.9. The standard InChI is InChI=1S/C86H84N4O/c1-82(2,3)64-40-41-87-80(52-64)90-76-35-23-22-32-74(76)75-38-37-71(54-78(75)90)91-70-31-24-30-69(53-70)88-55-89(77-39-36-58(49-79(77)88)61-45-65(83(4,5)6)50-66(46-61)84(7,8)9)81-72(33-25-34-73(81)63-47-67(85(10,11)12)51-68(48-63)86(13,14)15)62-43-59(56-26-18-16-19-27-56)42-60(44-62)57-28-20-17-21-29-57/h16-54H,1-15H3/i16D,17D,18D,19D,20D,21D,26D,27D,28D,29D,42D,43D,44D. The Bertz CT molecular complexity index is 5510. The second-order valence-corrected chi connectivity index (χ2v) is 29.1. The highest BCUT2D eigenvalue weighted by molar-refractivity contribution is 6.09. The quantitative estimate of drug-likeness (QED) is 0.101. The minimum absolute atomic E-state index is 0.132. The monoisotopic (exact) mass is 1200 g/mol. The van der Waals surface area contributed by atoms with Crippen LogP contribution in [0.25, 0.3) is 106 Å². The molecule has 3 aromatic heterocycles.